The van der Waals surface area contributed by atoms with Gasteiger partial charge in [-0.1, -0.05) is 29.4 Å². The van der Waals surface area contributed by atoms with Crippen molar-refractivity contribution in [1.82, 2.24) is 10.5 Å². The molecule has 1 heterocycles. The van der Waals surface area contributed by atoms with Crippen molar-refractivity contribution < 1.29 is 32.0 Å². The maximum absolute atomic E-state index is 12.5. The van der Waals surface area contributed by atoms with Gasteiger partial charge >= 0.3 is 6.36 Å². The molecule has 3 rings (SSSR count). The minimum Gasteiger partial charge on any atom is -0.489 e. The number of rotatable bonds is 7. The van der Waals surface area contributed by atoms with Crippen molar-refractivity contribution in [2.24, 2.45) is 0 Å². The zero-order valence-corrected chi connectivity index (χ0v) is 16.2. The van der Waals surface area contributed by atoms with Gasteiger partial charge in [-0.25, -0.2) is 0 Å². The number of hydrogen-bond donors (Lipinski definition) is 1. The highest BCUT2D eigenvalue weighted by molar-refractivity contribution is 5.94. The predicted molar refractivity (Wildman–Crippen MR) is 101 cm³/mol. The van der Waals surface area contributed by atoms with Gasteiger partial charge in [0.15, 0.2) is 0 Å². The Kier molecular flexibility index (Phi) is 6.29. The Morgan fingerprint density at radius 3 is 2.60 bits per heavy atom. The highest BCUT2D eigenvalue weighted by Crippen LogP contribution is 2.26. The third kappa shape index (κ3) is 5.53. The number of halogens is 3. The Hall–Kier alpha value is -3.49. The Morgan fingerprint density at radius 2 is 1.90 bits per heavy atom. The molecule has 30 heavy (non-hydrogen) atoms. The number of carbonyl (C=O) groups is 1. The summed E-state index contributed by atoms with van der Waals surface area (Å²) in [6, 6.07) is 12.1. The van der Waals surface area contributed by atoms with Crippen LogP contribution in [0.3, 0.4) is 0 Å². The Balaban J connectivity index is 1.63. The molecule has 2 aromatic carbocycles. The summed E-state index contributed by atoms with van der Waals surface area (Å²) in [6.45, 7) is 3.69. The van der Waals surface area contributed by atoms with Crippen LogP contribution in [0.4, 0.5) is 13.2 Å². The van der Waals surface area contributed by atoms with E-state index in [9.17, 15) is 18.0 Å². The smallest absolute Gasteiger partial charge is 0.489 e. The van der Waals surface area contributed by atoms with Crippen molar-refractivity contribution in [3.63, 3.8) is 0 Å². The van der Waals surface area contributed by atoms with E-state index >= 15 is 0 Å². The number of para-hydroxylation sites is 1. The van der Waals surface area contributed by atoms with Crippen LogP contribution >= 0.6 is 0 Å². The minimum atomic E-state index is -4.81. The van der Waals surface area contributed by atoms with E-state index < -0.39 is 12.3 Å². The number of carbonyl (C=O) groups excluding carboxylic acids is 1. The molecule has 1 amide bonds. The van der Waals surface area contributed by atoms with E-state index in [-0.39, 0.29) is 24.5 Å². The lowest BCUT2D eigenvalue weighted by molar-refractivity contribution is -0.274. The van der Waals surface area contributed by atoms with Gasteiger partial charge in [0.2, 0.25) is 0 Å². The van der Waals surface area contributed by atoms with Crippen LogP contribution in [-0.2, 0) is 13.2 Å². The summed E-state index contributed by atoms with van der Waals surface area (Å²) in [5.41, 5.74) is 2.06. The fourth-order valence-corrected chi connectivity index (χ4v) is 2.74. The predicted octanol–water partition coefficient (Wildman–Crippen LogP) is 4.70. The molecular formula is C21H19F3N2O4. The summed E-state index contributed by atoms with van der Waals surface area (Å²) >= 11 is 0. The van der Waals surface area contributed by atoms with E-state index in [1.807, 2.05) is 0 Å². The Morgan fingerprint density at radius 1 is 1.13 bits per heavy atom. The molecule has 0 saturated carbocycles. The van der Waals surface area contributed by atoms with Crippen molar-refractivity contribution in [3.8, 4) is 11.5 Å². The second-order valence-corrected chi connectivity index (χ2v) is 6.46. The molecule has 9 heteroatoms. The van der Waals surface area contributed by atoms with Crippen LogP contribution in [0.25, 0.3) is 0 Å². The zero-order valence-electron chi connectivity index (χ0n) is 16.2. The molecular weight excluding hydrogens is 401 g/mol. The molecule has 1 aromatic heterocycles. The summed E-state index contributed by atoms with van der Waals surface area (Å²) in [5.74, 6) is 0.297. The van der Waals surface area contributed by atoms with E-state index in [4.69, 9.17) is 9.26 Å². The van der Waals surface area contributed by atoms with E-state index in [1.165, 1.54) is 18.2 Å². The van der Waals surface area contributed by atoms with Crippen LogP contribution in [-0.4, -0.2) is 17.4 Å². The van der Waals surface area contributed by atoms with Crippen LogP contribution in [0, 0.1) is 13.8 Å². The maximum atomic E-state index is 12.5. The summed E-state index contributed by atoms with van der Waals surface area (Å²) < 4.78 is 52.4. The molecule has 0 bridgehead atoms. The van der Waals surface area contributed by atoms with Crippen LogP contribution in [0.15, 0.2) is 53.1 Å². The van der Waals surface area contributed by atoms with E-state index in [1.54, 1.807) is 44.2 Å². The first kappa shape index (κ1) is 21.2. The lowest BCUT2D eigenvalue weighted by Gasteiger charge is -2.14. The maximum Gasteiger partial charge on any atom is 0.573 e. The van der Waals surface area contributed by atoms with Crippen molar-refractivity contribution in [1.29, 1.82) is 0 Å². The molecule has 0 fully saturated rings. The molecule has 0 unspecified atom stereocenters. The van der Waals surface area contributed by atoms with Crippen molar-refractivity contribution in [2.45, 2.75) is 33.4 Å². The number of aromatic nitrogens is 1. The third-order valence-electron chi connectivity index (χ3n) is 4.30. The molecule has 6 nitrogen and oxygen atoms in total. The first-order valence-corrected chi connectivity index (χ1v) is 8.99. The van der Waals surface area contributed by atoms with Crippen molar-refractivity contribution in [3.05, 3.63) is 76.7 Å². The number of benzene rings is 2. The zero-order chi connectivity index (χ0) is 21.7. The quantitative estimate of drug-likeness (QED) is 0.600. The summed E-state index contributed by atoms with van der Waals surface area (Å²) in [5, 5.41) is 6.45. The molecule has 3 aromatic rings. The van der Waals surface area contributed by atoms with Crippen LogP contribution < -0.4 is 14.8 Å². The van der Waals surface area contributed by atoms with Crippen LogP contribution in [0.1, 0.15) is 32.9 Å². The van der Waals surface area contributed by atoms with Gasteiger partial charge in [0.1, 0.15) is 23.9 Å². The van der Waals surface area contributed by atoms with Gasteiger partial charge in [-0.3, -0.25) is 4.79 Å². The molecule has 0 aliphatic carbocycles. The van der Waals surface area contributed by atoms with Crippen LogP contribution in [0.5, 0.6) is 11.5 Å². The van der Waals surface area contributed by atoms with Crippen LogP contribution in [0.2, 0.25) is 0 Å². The van der Waals surface area contributed by atoms with Gasteiger partial charge in [-0.15, -0.1) is 13.2 Å². The second-order valence-electron chi connectivity index (χ2n) is 6.46. The summed E-state index contributed by atoms with van der Waals surface area (Å²) in [4.78, 5) is 12.5. The van der Waals surface area contributed by atoms with E-state index in [0.29, 0.717) is 17.1 Å². The van der Waals surface area contributed by atoms with Gasteiger partial charge in [0.25, 0.3) is 5.91 Å². The molecule has 0 radical (unpaired) electrons. The first-order chi connectivity index (χ1) is 14.2. The average molecular weight is 420 g/mol. The molecule has 0 aliphatic rings. The largest absolute Gasteiger partial charge is 0.573 e. The van der Waals surface area contributed by atoms with Crippen molar-refractivity contribution in [2.75, 3.05) is 0 Å². The lowest BCUT2D eigenvalue weighted by Crippen LogP contribution is -2.24. The monoisotopic (exact) mass is 420 g/mol. The molecule has 0 aliphatic heterocycles. The fourth-order valence-electron chi connectivity index (χ4n) is 2.74. The fraction of sp³-hybridized carbons (Fsp3) is 0.238. The number of amides is 1. The highest BCUT2D eigenvalue weighted by Gasteiger charge is 2.32. The highest BCUT2D eigenvalue weighted by atomic mass is 19.4. The number of aryl methyl sites for hydroxylation is 2. The summed E-state index contributed by atoms with van der Waals surface area (Å²) in [6.07, 6.45) is -4.81. The van der Waals surface area contributed by atoms with Gasteiger partial charge in [0, 0.05) is 17.7 Å². The topological polar surface area (TPSA) is 73.6 Å². The number of alkyl halides is 3. The molecule has 0 spiro atoms. The normalized spacial score (nSPS) is 11.2. The average Bonchev–Trinajstić information content (AvgIpc) is 3.02. The third-order valence-corrected chi connectivity index (χ3v) is 4.30. The van der Waals surface area contributed by atoms with Gasteiger partial charge in [0.05, 0.1) is 11.3 Å². The lowest BCUT2D eigenvalue weighted by atomic mass is 10.1. The standard InChI is InChI=1S/C21H19F3N2O4/c1-13-18(14(2)30-26-13)12-28-17-8-5-7-15(10-17)20(27)25-11-16-6-3-4-9-19(16)29-21(22,23)24/h3-10H,11-12H2,1-2H3,(H,25,27). The summed E-state index contributed by atoms with van der Waals surface area (Å²) in [7, 11) is 0. The van der Waals surface area contributed by atoms with Gasteiger partial charge < -0.3 is 19.3 Å². The SMILES string of the molecule is Cc1noc(C)c1COc1cccc(C(=O)NCc2ccccc2OC(F)(F)F)c1. The van der Waals surface area contributed by atoms with Gasteiger partial charge in [-0.2, -0.15) is 0 Å². The molecule has 158 valence electrons. The van der Waals surface area contributed by atoms with Crippen molar-refractivity contribution >= 4 is 5.91 Å². The minimum absolute atomic E-state index is 0.130. The Labute approximate surface area is 170 Å². The second kappa shape index (κ2) is 8.89. The number of ether oxygens (including phenoxy) is 2. The first-order valence-electron chi connectivity index (χ1n) is 8.99. The molecule has 1 N–H and O–H groups in total. The number of nitrogens with zero attached hydrogens (tertiary/aromatic N) is 1. The Bertz CT molecular complexity index is 1010. The molecule has 0 saturated heterocycles. The van der Waals surface area contributed by atoms with Gasteiger partial charge in [-0.05, 0) is 38.1 Å². The van der Waals surface area contributed by atoms with E-state index in [0.717, 1.165) is 11.3 Å². The van der Waals surface area contributed by atoms with E-state index in [2.05, 4.69) is 15.2 Å². The number of hydrogen-bond acceptors (Lipinski definition) is 5. The number of nitrogens with one attached hydrogen (secondary N) is 1. The molecule has 0 atom stereocenters.